The highest BCUT2D eigenvalue weighted by molar-refractivity contribution is 5.97. The zero-order chi connectivity index (χ0) is 15.4. The number of aromatic hydroxyl groups is 1. The number of fused-ring (bicyclic) bond motifs is 2. The van der Waals surface area contributed by atoms with Gasteiger partial charge in [0.2, 0.25) is 0 Å². The number of nitrogens with two attached hydrogens (primary N) is 1. The second kappa shape index (κ2) is 4.20. The zero-order valence-electron chi connectivity index (χ0n) is 11.7. The Bertz CT molecular complexity index is 1030. The van der Waals surface area contributed by atoms with E-state index >= 15 is 0 Å². The number of nitrogens with zero attached hydrogens (tertiary/aromatic N) is 4. The number of anilines is 1. The van der Waals surface area contributed by atoms with Gasteiger partial charge in [-0.1, -0.05) is 0 Å². The maximum absolute atomic E-state index is 13.4. The van der Waals surface area contributed by atoms with Crippen LogP contribution in [0.5, 0.6) is 5.75 Å². The molecule has 3 heterocycles. The van der Waals surface area contributed by atoms with Crippen molar-refractivity contribution in [1.82, 2.24) is 19.1 Å². The van der Waals surface area contributed by atoms with E-state index in [1.54, 1.807) is 16.8 Å². The van der Waals surface area contributed by atoms with Crippen molar-refractivity contribution in [3.05, 3.63) is 42.7 Å². The minimum absolute atomic E-state index is 0.132. The quantitative estimate of drug-likeness (QED) is 0.565. The molecule has 0 radical (unpaired) electrons. The van der Waals surface area contributed by atoms with Gasteiger partial charge in [-0.15, -0.1) is 0 Å². The summed E-state index contributed by atoms with van der Waals surface area (Å²) in [5, 5.41) is 11.4. The van der Waals surface area contributed by atoms with Crippen molar-refractivity contribution >= 4 is 27.8 Å². The van der Waals surface area contributed by atoms with Gasteiger partial charge in [-0.25, -0.2) is 14.4 Å². The van der Waals surface area contributed by atoms with E-state index in [0.29, 0.717) is 27.8 Å². The summed E-state index contributed by atoms with van der Waals surface area (Å²) in [4.78, 5) is 8.25. The number of phenols is 1. The van der Waals surface area contributed by atoms with Crippen LogP contribution in [0.3, 0.4) is 0 Å². The minimum Gasteiger partial charge on any atom is -0.506 e. The molecule has 0 aliphatic rings. The van der Waals surface area contributed by atoms with Crippen LogP contribution < -0.4 is 5.73 Å². The molecule has 1 aromatic carbocycles. The lowest BCUT2D eigenvalue weighted by molar-refractivity contribution is 0.474. The van der Waals surface area contributed by atoms with Crippen molar-refractivity contribution in [2.24, 2.45) is 7.05 Å². The van der Waals surface area contributed by atoms with E-state index in [0.717, 1.165) is 11.8 Å². The van der Waals surface area contributed by atoms with Gasteiger partial charge in [-0.3, -0.25) is 0 Å². The fourth-order valence-corrected chi connectivity index (χ4v) is 2.82. The summed E-state index contributed by atoms with van der Waals surface area (Å²) in [5.74, 6) is -0.264. The standard InChI is InChI=1S/C15H12FN5O/c1-20-6-10(12-14(17)18-7-19-15(12)20)21-3-2-8-4-9(16)5-11(22)13(8)21/h2-7,22H,1H3,(H2,17,18,19). The SMILES string of the molecule is Cn1cc(-n2ccc3cc(F)cc(O)c32)c2c(N)ncnc21. The third-order valence-corrected chi connectivity index (χ3v) is 3.75. The molecule has 4 rings (SSSR count). The van der Waals surface area contributed by atoms with Crippen LogP contribution >= 0.6 is 0 Å². The summed E-state index contributed by atoms with van der Waals surface area (Å²) in [5.41, 5.74) is 7.91. The molecular formula is C15H12FN5O. The van der Waals surface area contributed by atoms with Gasteiger partial charge in [0.1, 0.15) is 29.4 Å². The molecule has 22 heavy (non-hydrogen) atoms. The molecule has 6 nitrogen and oxygen atoms in total. The van der Waals surface area contributed by atoms with Crippen molar-refractivity contribution in [2.75, 3.05) is 5.73 Å². The number of hydrogen-bond donors (Lipinski definition) is 2. The average Bonchev–Trinajstić information content (AvgIpc) is 3.01. The Morgan fingerprint density at radius 2 is 2.09 bits per heavy atom. The Morgan fingerprint density at radius 3 is 2.91 bits per heavy atom. The van der Waals surface area contributed by atoms with Gasteiger partial charge in [0.15, 0.2) is 0 Å². The first kappa shape index (κ1) is 12.6. The van der Waals surface area contributed by atoms with Crippen molar-refractivity contribution in [2.45, 2.75) is 0 Å². The monoisotopic (exact) mass is 297 g/mol. The molecule has 0 saturated carbocycles. The maximum atomic E-state index is 13.4. The van der Waals surface area contributed by atoms with Crippen molar-refractivity contribution < 1.29 is 9.50 Å². The molecule has 0 bridgehead atoms. The Kier molecular flexibility index (Phi) is 2.41. The van der Waals surface area contributed by atoms with Gasteiger partial charge in [-0.05, 0) is 12.1 Å². The molecular weight excluding hydrogens is 285 g/mol. The summed E-state index contributed by atoms with van der Waals surface area (Å²) in [6.45, 7) is 0. The lowest BCUT2D eigenvalue weighted by Crippen LogP contribution is -1.96. The van der Waals surface area contributed by atoms with Crippen LogP contribution in [0.15, 0.2) is 36.9 Å². The average molecular weight is 297 g/mol. The van der Waals surface area contributed by atoms with Crippen LogP contribution in [0.2, 0.25) is 0 Å². The fourth-order valence-electron chi connectivity index (χ4n) is 2.82. The highest BCUT2D eigenvalue weighted by Crippen LogP contribution is 2.33. The molecule has 0 unspecified atom stereocenters. The zero-order valence-corrected chi connectivity index (χ0v) is 11.7. The van der Waals surface area contributed by atoms with Crippen LogP contribution in [0.1, 0.15) is 0 Å². The van der Waals surface area contributed by atoms with Gasteiger partial charge >= 0.3 is 0 Å². The predicted molar refractivity (Wildman–Crippen MR) is 81.4 cm³/mol. The molecule has 0 fully saturated rings. The Balaban J connectivity index is 2.13. The maximum Gasteiger partial charge on any atom is 0.147 e. The summed E-state index contributed by atoms with van der Waals surface area (Å²) >= 11 is 0. The summed E-state index contributed by atoms with van der Waals surface area (Å²) in [6.07, 6.45) is 5.01. The minimum atomic E-state index is -0.483. The number of aromatic nitrogens is 4. The lowest BCUT2D eigenvalue weighted by Gasteiger charge is -2.06. The summed E-state index contributed by atoms with van der Waals surface area (Å²) in [6, 6.07) is 4.19. The van der Waals surface area contributed by atoms with E-state index in [-0.39, 0.29) is 5.75 Å². The molecule has 4 aromatic rings. The molecule has 110 valence electrons. The van der Waals surface area contributed by atoms with Crippen molar-refractivity contribution in [1.29, 1.82) is 0 Å². The van der Waals surface area contributed by atoms with E-state index in [2.05, 4.69) is 9.97 Å². The molecule has 3 N–H and O–H groups in total. The van der Waals surface area contributed by atoms with Crippen molar-refractivity contribution in [3.8, 4) is 11.4 Å². The number of aryl methyl sites for hydroxylation is 1. The van der Waals surface area contributed by atoms with Gasteiger partial charge < -0.3 is 20.0 Å². The number of hydrogen-bond acceptors (Lipinski definition) is 4. The normalized spacial score (nSPS) is 11.5. The molecule has 0 spiro atoms. The van der Waals surface area contributed by atoms with E-state index in [9.17, 15) is 9.50 Å². The topological polar surface area (TPSA) is 81.9 Å². The van der Waals surface area contributed by atoms with E-state index in [1.807, 2.05) is 17.8 Å². The first-order valence-electron chi connectivity index (χ1n) is 6.61. The summed E-state index contributed by atoms with van der Waals surface area (Å²) < 4.78 is 17.0. The van der Waals surface area contributed by atoms with Crippen LogP contribution in [-0.2, 0) is 7.05 Å². The number of phenolic OH excluding ortho intramolecular Hbond substituents is 1. The number of halogens is 1. The number of nitrogen functional groups attached to an aromatic ring is 1. The first-order chi connectivity index (χ1) is 10.6. The first-order valence-corrected chi connectivity index (χ1v) is 6.61. The predicted octanol–water partition coefficient (Wildman–Crippen LogP) is 2.34. The molecule has 0 aliphatic carbocycles. The smallest absolute Gasteiger partial charge is 0.147 e. The Morgan fingerprint density at radius 1 is 1.27 bits per heavy atom. The summed E-state index contributed by atoms with van der Waals surface area (Å²) in [7, 11) is 1.85. The molecule has 0 saturated heterocycles. The number of rotatable bonds is 1. The third-order valence-electron chi connectivity index (χ3n) is 3.75. The second-order valence-electron chi connectivity index (χ2n) is 5.13. The van der Waals surface area contributed by atoms with Gasteiger partial charge in [0.05, 0.1) is 16.6 Å². The van der Waals surface area contributed by atoms with Gasteiger partial charge in [0.25, 0.3) is 0 Å². The Labute approximate surface area is 124 Å². The van der Waals surface area contributed by atoms with Crippen LogP contribution in [0.25, 0.3) is 27.6 Å². The highest BCUT2D eigenvalue weighted by Gasteiger charge is 2.16. The van der Waals surface area contributed by atoms with E-state index in [4.69, 9.17) is 5.73 Å². The van der Waals surface area contributed by atoms with Crippen LogP contribution in [0, 0.1) is 5.82 Å². The fraction of sp³-hybridized carbons (Fsp3) is 0.0667. The van der Waals surface area contributed by atoms with E-state index < -0.39 is 5.82 Å². The molecule has 0 aliphatic heterocycles. The number of benzene rings is 1. The molecule has 0 amide bonds. The highest BCUT2D eigenvalue weighted by atomic mass is 19.1. The molecule has 0 atom stereocenters. The lowest BCUT2D eigenvalue weighted by atomic mass is 10.2. The van der Waals surface area contributed by atoms with Crippen LogP contribution in [-0.4, -0.2) is 24.2 Å². The molecule has 7 heteroatoms. The van der Waals surface area contributed by atoms with Crippen LogP contribution in [0.4, 0.5) is 10.2 Å². The third kappa shape index (κ3) is 1.59. The largest absolute Gasteiger partial charge is 0.506 e. The van der Waals surface area contributed by atoms with Gasteiger partial charge in [0, 0.05) is 30.9 Å². The van der Waals surface area contributed by atoms with E-state index in [1.165, 1.54) is 12.4 Å². The molecule has 3 aromatic heterocycles. The Hall–Kier alpha value is -3.09. The van der Waals surface area contributed by atoms with Crippen molar-refractivity contribution in [3.63, 3.8) is 0 Å². The van der Waals surface area contributed by atoms with Gasteiger partial charge in [-0.2, -0.15) is 0 Å². The second-order valence-corrected chi connectivity index (χ2v) is 5.13.